The zero-order chi connectivity index (χ0) is 12.7. The Hall–Kier alpha value is -1.96. The van der Waals surface area contributed by atoms with E-state index in [1.54, 1.807) is 0 Å². The summed E-state index contributed by atoms with van der Waals surface area (Å²) >= 11 is 0. The van der Waals surface area contributed by atoms with Crippen LogP contribution in [0.4, 0.5) is 17.1 Å². The molecule has 1 aliphatic heterocycles. The van der Waals surface area contributed by atoms with Crippen molar-refractivity contribution in [2.24, 2.45) is 0 Å². The van der Waals surface area contributed by atoms with Gasteiger partial charge in [-0.3, -0.25) is 0 Å². The lowest BCUT2D eigenvalue weighted by Crippen LogP contribution is -2.21. The molecule has 92 valence electrons. The first kappa shape index (κ1) is 11.1. The summed E-state index contributed by atoms with van der Waals surface area (Å²) in [5.41, 5.74) is 6.78. The van der Waals surface area contributed by atoms with Crippen molar-refractivity contribution in [3.8, 4) is 0 Å². The summed E-state index contributed by atoms with van der Waals surface area (Å²) in [7, 11) is 6.36. The van der Waals surface area contributed by atoms with Gasteiger partial charge in [-0.05, 0) is 23.8 Å². The molecule has 3 rings (SSSR count). The normalized spacial score (nSPS) is 12.9. The topological polar surface area (TPSA) is 6.48 Å². The molecule has 1 aliphatic rings. The highest BCUT2D eigenvalue weighted by atomic mass is 15.1. The number of anilines is 3. The number of para-hydroxylation sites is 1. The molecule has 0 unspecified atom stereocenters. The minimum atomic E-state index is 1.02. The van der Waals surface area contributed by atoms with Crippen LogP contribution in [0.2, 0.25) is 0 Å². The highest BCUT2D eigenvalue weighted by Gasteiger charge is 2.21. The van der Waals surface area contributed by atoms with Gasteiger partial charge in [0.05, 0.1) is 0 Å². The molecule has 2 aromatic carbocycles. The number of hydrogen-bond donors (Lipinski definition) is 0. The Morgan fingerprint density at radius 2 is 1.67 bits per heavy atom. The largest absolute Gasteiger partial charge is 0.377 e. The van der Waals surface area contributed by atoms with Crippen LogP contribution >= 0.6 is 0 Å². The lowest BCUT2D eigenvalue weighted by molar-refractivity contribution is 1.02. The van der Waals surface area contributed by atoms with Crippen LogP contribution in [0.3, 0.4) is 0 Å². The number of fused-ring (bicyclic) bond motifs is 2. The van der Waals surface area contributed by atoms with E-state index in [9.17, 15) is 0 Å². The lowest BCUT2D eigenvalue weighted by atomic mass is 9.94. The molecule has 0 bridgehead atoms. The second-order valence-corrected chi connectivity index (χ2v) is 5.03. The molecule has 2 heteroatoms. The lowest BCUT2D eigenvalue weighted by Gasteiger charge is -2.32. The Labute approximate surface area is 108 Å². The molecule has 0 saturated heterocycles. The van der Waals surface area contributed by atoms with Crippen molar-refractivity contribution in [2.75, 3.05) is 30.9 Å². The van der Waals surface area contributed by atoms with Crippen molar-refractivity contribution < 1.29 is 0 Å². The number of hydrogen-bond acceptors (Lipinski definition) is 2. The van der Waals surface area contributed by atoms with Gasteiger partial charge in [0.1, 0.15) is 0 Å². The third-order valence-electron chi connectivity index (χ3n) is 3.69. The average Bonchev–Trinajstić information content (AvgIpc) is 2.38. The maximum absolute atomic E-state index is 2.29. The van der Waals surface area contributed by atoms with Crippen LogP contribution in [0.5, 0.6) is 0 Å². The first-order valence-corrected chi connectivity index (χ1v) is 6.29. The van der Waals surface area contributed by atoms with Crippen molar-refractivity contribution in [1.29, 1.82) is 0 Å². The smallest absolute Gasteiger partial charge is 0.0465 e. The van der Waals surface area contributed by atoms with Crippen LogP contribution in [-0.4, -0.2) is 21.1 Å². The van der Waals surface area contributed by atoms with E-state index in [-0.39, 0.29) is 0 Å². The minimum Gasteiger partial charge on any atom is -0.377 e. The van der Waals surface area contributed by atoms with Gasteiger partial charge in [-0.1, -0.05) is 24.3 Å². The predicted molar refractivity (Wildman–Crippen MR) is 78.1 cm³/mol. The maximum atomic E-state index is 2.29. The van der Waals surface area contributed by atoms with Crippen molar-refractivity contribution >= 4 is 17.1 Å². The summed E-state index contributed by atoms with van der Waals surface area (Å²) in [5, 5.41) is 0. The van der Waals surface area contributed by atoms with Crippen LogP contribution in [0, 0.1) is 0 Å². The Balaban J connectivity index is 2.19. The number of benzene rings is 2. The fraction of sp³-hybridized carbons (Fsp3) is 0.250. The maximum Gasteiger partial charge on any atom is 0.0465 e. The Morgan fingerprint density at radius 1 is 0.944 bits per heavy atom. The number of rotatable bonds is 1. The third kappa shape index (κ3) is 1.57. The van der Waals surface area contributed by atoms with E-state index in [0.717, 1.165) is 6.42 Å². The summed E-state index contributed by atoms with van der Waals surface area (Å²) in [6.07, 6.45) is 1.02. The molecule has 1 heterocycles. The Bertz CT molecular complexity index is 587. The van der Waals surface area contributed by atoms with Gasteiger partial charge < -0.3 is 9.80 Å². The van der Waals surface area contributed by atoms with Gasteiger partial charge in [0.15, 0.2) is 0 Å². The van der Waals surface area contributed by atoms with E-state index >= 15 is 0 Å². The molecule has 0 N–H and O–H groups in total. The van der Waals surface area contributed by atoms with Gasteiger partial charge >= 0.3 is 0 Å². The van der Waals surface area contributed by atoms with Gasteiger partial charge in [-0.2, -0.15) is 0 Å². The van der Waals surface area contributed by atoms with E-state index in [2.05, 4.69) is 73.4 Å². The monoisotopic (exact) mass is 238 g/mol. The quantitative estimate of drug-likeness (QED) is 0.751. The van der Waals surface area contributed by atoms with Crippen LogP contribution < -0.4 is 9.80 Å². The standard InChI is InChI=1S/C16H18N2/c1-17(2)15-9-6-10-16-13(15)11-12-7-4-5-8-14(12)18(16)3/h4-10H,11H2,1-3H3. The zero-order valence-corrected chi connectivity index (χ0v) is 11.1. The molecule has 2 nitrogen and oxygen atoms in total. The number of nitrogens with zero attached hydrogens (tertiary/aromatic N) is 2. The van der Waals surface area contributed by atoms with E-state index in [0.29, 0.717) is 0 Å². The molecule has 0 aliphatic carbocycles. The molecule has 0 amide bonds. The average molecular weight is 238 g/mol. The second kappa shape index (κ2) is 4.05. The second-order valence-electron chi connectivity index (χ2n) is 5.03. The molecule has 18 heavy (non-hydrogen) atoms. The van der Waals surface area contributed by atoms with Crippen molar-refractivity contribution in [3.05, 3.63) is 53.6 Å². The van der Waals surface area contributed by atoms with E-state index in [4.69, 9.17) is 0 Å². The highest BCUT2D eigenvalue weighted by Crippen LogP contribution is 2.40. The highest BCUT2D eigenvalue weighted by molar-refractivity contribution is 5.79. The van der Waals surface area contributed by atoms with Gasteiger partial charge in [0, 0.05) is 50.2 Å². The van der Waals surface area contributed by atoms with E-state index in [1.807, 2.05) is 0 Å². The van der Waals surface area contributed by atoms with E-state index in [1.165, 1.54) is 28.2 Å². The van der Waals surface area contributed by atoms with Crippen LogP contribution in [0.25, 0.3) is 0 Å². The summed E-state index contributed by atoms with van der Waals surface area (Å²) < 4.78 is 0. The fourth-order valence-electron chi connectivity index (χ4n) is 2.78. The van der Waals surface area contributed by atoms with Crippen LogP contribution in [0.15, 0.2) is 42.5 Å². The molecule has 0 saturated carbocycles. The Morgan fingerprint density at radius 3 is 2.44 bits per heavy atom. The molecular weight excluding hydrogens is 220 g/mol. The molecule has 0 aromatic heterocycles. The molecule has 2 aromatic rings. The third-order valence-corrected chi connectivity index (χ3v) is 3.69. The van der Waals surface area contributed by atoms with Crippen LogP contribution in [0.1, 0.15) is 11.1 Å². The first-order valence-electron chi connectivity index (χ1n) is 6.29. The summed E-state index contributed by atoms with van der Waals surface area (Å²) in [5.74, 6) is 0. The fourth-order valence-corrected chi connectivity index (χ4v) is 2.78. The summed E-state index contributed by atoms with van der Waals surface area (Å²) in [6, 6.07) is 15.2. The van der Waals surface area contributed by atoms with E-state index < -0.39 is 0 Å². The van der Waals surface area contributed by atoms with Crippen molar-refractivity contribution in [2.45, 2.75) is 6.42 Å². The SMILES string of the molecule is CN(C)c1cccc2c1Cc1ccccc1N2C. The van der Waals surface area contributed by atoms with Gasteiger partial charge in [0.25, 0.3) is 0 Å². The van der Waals surface area contributed by atoms with Crippen molar-refractivity contribution in [3.63, 3.8) is 0 Å². The summed E-state index contributed by atoms with van der Waals surface area (Å²) in [6.45, 7) is 0. The molecule has 0 atom stereocenters. The van der Waals surface area contributed by atoms with Gasteiger partial charge in [0.2, 0.25) is 0 Å². The zero-order valence-electron chi connectivity index (χ0n) is 11.1. The van der Waals surface area contributed by atoms with Gasteiger partial charge in [-0.25, -0.2) is 0 Å². The first-order chi connectivity index (χ1) is 8.68. The summed E-state index contributed by atoms with van der Waals surface area (Å²) in [4.78, 5) is 4.49. The molecule has 0 radical (unpaired) electrons. The molecule has 0 fully saturated rings. The molecule has 0 spiro atoms. The minimum absolute atomic E-state index is 1.02. The molecular formula is C16H18N2. The predicted octanol–water partition coefficient (Wildman–Crippen LogP) is 3.42. The van der Waals surface area contributed by atoms with Crippen molar-refractivity contribution in [1.82, 2.24) is 0 Å². The Kier molecular flexibility index (Phi) is 2.51. The van der Waals surface area contributed by atoms with Crippen LogP contribution in [-0.2, 0) is 6.42 Å². The van der Waals surface area contributed by atoms with Gasteiger partial charge in [-0.15, -0.1) is 0 Å².